The summed E-state index contributed by atoms with van der Waals surface area (Å²) in [5, 5.41) is 3.65. The Labute approximate surface area is 124 Å². The molecule has 1 aromatic rings. The van der Waals surface area contributed by atoms with Crippen LogP contribution in [-0.4, -0.2) is 19.2 Å². The van der Waals surface area contributed by atoms with Gasteiger partial charge in [-0.3, -0.25) is 0 Å². The Morgan fingerprint density at radius 2 is 1.80 bits per heavy atom. The van der Waals surface area contributed by atoms with Crippen molar-refractivity contribution in [3.05, 3.63) is 30.3 Å². The molecule has 0 radical (unpaired) electrons. The molecule has 1 unspecified atom stereocenters. The highest BCUT2D eigenvalue weighted by atomic mass is 16.5. The van der Waals surface area contributed by atoms with Gasteiger partial charge in [-0.15, -0.1) is 0 Å². The van der Waals surface area contributed by atoms with Crippen LogP contribution in [0.5, 0.6) is 5.75 Å². The van der Waals surface area contributed by atoms with Gasteiger partial charge in [-0.1, -0.05) is 51.8 Å². The van der Waals surface area contributed by atoms with Gasteiger partial charge in [-0.25, -0.2) is 0 Å². The number of hydrogen-bond acceptors (Lipinski definition) is 2. The number of ether oxygens (including phenoxy) is 1. The SMILES string of the molecule is CCCNC(CCCCCOc1ccccc1)C(C)C. The molecule has 114 valence electrons. The Bertz CT molecular complexity index is 323. The number of hydrogen-bond donors (Lipinski definition) is 1. The Morgan fingerprint density at radius 3 is 2.45 bits per heavy atom. The summed E-state index contributed by atoms with van der Waals surface area (Å²) >= 11 is 0. The van der Waals surface area contributed by atoms with Crippen LogP contribution in [0.25, 0.3) is 0 Å². The zero-order chi connectivity index (χ0) is 14.6. The van der Waals surface area contributed by atoms with Crippen LogP contribution in [0.4, 0.5) is 0 Å². The molecule has 1 N–H and O–H groups in total. The molecule has 2 heteroatoms. The molecule has 0 saturated carbocycles. The average Bonchev–Trinajstić information content (AvgIpc) is 2.46. The van der Waals surface area contributed by atoms with E-state index in [2.05, 4.69) is 26.1 Å². The summed E-state index contributed by atoms with van der Waals surface area (Å²) in [6.07, 6.45) is 6.19. The summed E-state index contributed by atoms with van der Waals surface area (Å²) in [5.74, 6) is 1.71. The average molecular weight is 277 g/mol. The summed E-state index contributed by atoms with van der Waals surface area (Å²) in [4.78, 5) is 0. The molecule has 0 spiro atoms. The molecule has 1 atom stereocenters. The number of unbranched alkanes of at least 4 members (excludes halogenated alkanes) is 2. The predicted octanol–water partition coefficient (Wildman–Crippen LogP) is 4.65. The minimum Gasteiger partial charge on any atom is -0.494 e. The number of rotatable bonds is 11. The van der Waals surface area contributed by atoms with Crippen molar-refractivity contribution in [2.45, 2.75) is 58.9 Å². The third kappa shape index (κ3) is 7.54. The summed E-state index contributed by atoms with van der Waals surface area (Å²) in [7, 11) is 0. The van der Waals surface area contributed by atoms with Crippen molar-refractivity contribution in [1.29, 1.82) is 0 Å². The first kappa shape index (κ1) is 17.0. The van der Waals surface area contributed by atoms with Gasteiger partial charge in [-0.2, -0.15) is 0 Å². The maximum Gasteiger partial charge on any atom is 0.119 e. The maximum absolute atomic E-state index is 5.71. The van der Waals surface area contributed by atoms with E-state index in [0.717, 1.165) is 31.2 Å². The Hall–Kier alpha value is -1.02. The van der Waals surface area contributed by atoms with Crippen LogP contribution in [0.2, 0.25) is 0 Å². The zero-order valence-electron chi connectivity index (χ0n) is 13.4. The first-order valence-electron chi connectivity index (χ1n) is 8.15. The lowest BCUT2D eigenvalue weighted by Crippen LogP contribution is -2.34. The van der Waals surface area contributed by atoms with E-state index in [9.17, 15) is 0 Å². The fourth-order valence-corrected chi connectivity index (χ4v) is 2.35. The summed E-state index contributed by atoms with van der Waals surface area (Å²) in [5.41, 5.74) is 0. The molecule has 1 aromatic carbocycles. The van der Waals surface area contributed by atoms with E-state index in [1.807, 2.05) is 30.3 Å². The van der Waals surface area contributed by atoms with Gasteiger partial charge < -0.3 is 10.1 Å². The maximum atomic E-state index is 5.71. The second kappa shape index (κ2) is 10.7. The summed E-state index contributed by atoms with van der Waals surface area (Å²) in [6.45, 7) is 8.82. The zero-order valence-corrected chi connectivity index (χ0v) is 13.4. The molecule has 1 rings (SSSR count). The summed E-state index contributed by atoms with van der Waals surface area (Å²) in [6, 6.07) is 10.8. The molecule has 0 saturated heterocycles. The van der Waals surface area contributed by atoms with E-state index in [4.69, 9.17) is 4.74 Å². The molecular weight excluding hydrogens is 246 g/mol. The van der Waals surface area contributed by atoms with Crippen LogP contribution >= 0.6 is 0 Å². The molecule has 0 aromatic heterocycles. The van der Waals surface area contributed by atoms with E-state index in [-0.39, 0.29) is 0 Å². The third-order valence-corrected chi connectivity index (χ3v) is 3.63. The van der Waals surface area contributed by atoms with Crippen molar-refractivity contribution in [2.24, 2.45) is 5.92 Å². The monoisotopic (exact) mass is 277 g/mol. The standard InChI is InChI=1S/C18H31NO/c1-4-14-19-18(16(2)3)13-9-6-10-15-20-17-11-7-5-8-12-17/h5,7-8,11-12,16,18-19H,4,6,9-10,13-15H2,1-3H3. The van der Waals surface area contributed by atoms with Gasteiger partial charge in [0.1, 0.15) is 5.75 Å². The molecule has 0 heterocycles. The molecule has 0 amide bonds. The molecule has 20 heavy (non-hydrogen) atoms. The molecule has 2 nitrogen and oxygen atoms in total. The van der Waals surface area contributed by atoms with Crippen molar-refractivity contribution in [3.8, 4) is 5.75 Å². The highest BCUT2D eigenvalue weighted by molar-refractivity contribution is 5.20. The van der Waals surface area contributed by atoms with E-state index < -0.39 is 0 Å². The highest BCUT2D eigenvalue weighted by Gasteiger charge is 2.11. The number of para-hydroxylation sites is 1. The van der Waals surface area contributed by atoms with Crippen LogP contribution in [-0.2, 0) is 0 Å². The predicted molar refractivity (Wildman–Crippen MR) is 87.3 cm³/mol. The Balaban J connectivity index is 2.05. The fraction of sp³-hybridized carbons (Fsp3) is 0.667. The van der Waals surface area contributed by atoms with Crippen molar-refractivity contribution < 1.29 is 4.74 Å². The second-order valence-electron chi connectivity index (χ2n) is 5.82. The van der Waals surface area contributed by atoms with E-state index in [0.29, 0.717) is 6.04 Å². The lowest BCUT2D eigenvalue weighted by Gasteiger charge is -2.22. The lowest BCUT2D eigenvalue weighted by molar-refractivity contribution is 0.299. The smallest absolute Gasteiger partial charge is 0.119 e. The highest BCUT2D eigenvalue weighted by Crippen LogP contribution is 2.13. The first-order valence-corrected chi connectivity index (χ1v) is 8.15. The van der Waals surface area contributed by atoms with Crippen molar-refractivity contribution in [2.75, 3.05) is 13.2 Å². The topological polar surface area (TPSA) is 21.3 Å². The molecule has 0 aliphatic rings. The first-order chi connectivity index (χ1) is 9.74. The quantitative estimate of drug-likeness (QED) is 0.594. The molecule has 0 fully saturated rings. The van der Waals surface area contributed by atoms with Gasteiger partial charge in [-0.05, 0) is 43.9 Å². The molecule has 0 aliphatic heterocycles. The van der Waals surface area contributed by atoms with Crippen LogP contribution < -0.4 is 10.1 Å². The largest absolute Gasteiger partial charge is 0.494 e. The Morgan fingerprint density at radius 1 is 1.05 bits per heavy atom. The normalized spacial score (nSPS) is 12.6. The fourth-order valence-electron chi connectivity index (χ4n) is 2.35. The molecule has 0 bridgehead atoms. The van der Waals surface area contributed by atoms with E-state index in [1.54, 1.807) is 0 Å². The van der Waals surface area contributed by atoms with Gasteiger partial charge in [0.25, 0.3) is 0 Å². The van der Waals surface area contributed by atoms with Gasteiger partial charge in [0.15, 0.2) is 0 Å². The summed E-state index contributed by atoms with van der Waals surface area (Å²) < 4.78 is 5.71. The van der Waals surface area contributed by atoms with Crippen LogP contribution in [0.15, 0.2) is 30.3 Å². The molecule has 0 aliphatic carbocycles. The van der Waals surface area contributed by atoms with Crippen molar-refractivity contribution in [3.63, 3.8) is 0 Å². The van der Waals surface area contributed by atoms with Gasteiger partial charge in [0.05, 0.1) is 6.61 Å². The van der Waals surface area contributed by atoms with Crippen molar-refractivity contribution in [1.82, 2.24) is 5.32 Å². The third-order valence-electron chi connectivity index (χ3n) is 3.63. The number of benzene rings is 1. The van der Waals surface area contributed by atoms with Crippen LogP contribution in [0.3, 0.4) is 0 Å². The lowest BCUT2D eigenvalue weighted by atomic mass is 9.98. The van der Waals surface area contributed by atoms with Gasteiger partial charge in [0.2, 0.25) is 0 Å². The molecular formula is C18H31NO. The number of nitrogens with one attached hydrogen (secondary N) is 1. The van der Waals surface area contributed by atoms with Crippen molar-refractivity contribution >= 4 is 0 Å². The van der Waals surface area contributed by atoms with Gasteiger partial charge >= 0.3 is 0 Å². The van der Waals surface area contributed by atoms with Crippen LogP contribution in [0.1, 0.15) is 52.9 Å². The van der Waals surface area contributed by atoms with E-state index in [1.165, 1.54) is 25.7 Å². The Kier molecular flexibility index (Phi) is 9.14. The van der Waals surface area contributed by atoms with Crippen LogP contribution in [0, 0.1) is 5.92 Å². The van der Waals surface area contributed by atoms with Gasteiger partial charge in [0, 0.05) is 6.04 Å². The minimum absolute atomic E-state index is 0.671. The van der Waals surface area contributed by atoms with E-state index >= 15 is 0 Å². The second-order valence-corrected chi connectivity index (χ2v) is 5.82. The minimum atomic E-state index is 0.671.